The highest BCUT2D eigenvalue weighted by atomic mass is 16.2. The predicted octanol–water partition coefficient (Wildman–Crippen LogP) is 3.26. The summed E-state index contributed by atoms with van der Waals surface area (Å²) >= 11 is 0. The number of amides is 2. The number of nitrogens with zero attached hydrogens (tertiary/aromatic N) is 3. The second-order valence-electron chi connectivity index (χ2n) is 7.94. The summed E-state index contributed by atoms with van der Waals surface area (Å²) in [7, 11) is 1.66. The molecule has 154 valence electrons. The van der Waals surface area contributed by atoms with E-state index in [4.69, 9.17) is 5.10 Å². The molecule has 1 fully saturated rings. The van der Waals surface area contributed by atoms with Gasteiger partial charge < -0.3 is 10.2 Å². The fourth-order valence-corrected chi connectivity index (χ4v) is 3.35. The Morgan fingerprint density at radius 1 is 1.10 bits per heavy atom. The van der Waals surface area contributed by atoms with Crippen molar-refractivity contribution in [3.05, 3.63) is 77.5 Å². The Kier molecular flexibility index (Phi) is 5.65. The van der Waals surface area contributed by atoms with Gasteiger partial charge in [-0.25, -0.2) is 0 Å². The minimum atomic E-state index is -0.212. The summed E-state index contributed by atoms with van der Waals surface area (Å²) < 4.78 is 1.79. The van der Waals surface area contributed by atoms with E-state index in [0.717, 1.165) is 29.5 Å². The molecule has 0 atom stereocenters. The molecule has 1 aromatic heterocycles. The van der Waals surface area contributed by atoms with Crippen LogP contribution in [0, 0.1) is 6.92 Å². The predicted molar refractivity (Wildman–Crippen MR) is 116 cm³/mol. The number of hydrogen-bond donors (Lipinski definition) is 1. The van der Waals surface area contributed by atoms with Crippen LogP contribution in [0.15, 0.2) is 60.8 Å². The molecule has 30 heavy (non-hydrogen) atoms. The molecule has 1 aliphatic rings. The van der Waals surface area contributed by atoms with Crippen LogP contribution >= 0.6 is 0 Å². The molecule has 1 saturated carbocycles. The van der Waals surface area contributed by atoms with Crippen LogP contribution in [-0.4, -0.2) is 46.1 Å². The summed E-state index contributed by atoms with van der Waals surface area (Å²) in [4.78, 5) is 26.8. The van der Waals surface area contributed by atoms with Gasteiger partial charge in [-0.1, -0.05) is 60.2 Å². The number of rotatable bonds is 7. The first-order chi connectivity index (χ1) is 14.5. The number of carbonyl (C=O) groups excluding carboxylic acids is 2. The summed E-state index contributed by atoms with van der Waals surface area (Å²) in [5.74, 6) is -0.335. The van der Waals surface area contributed by atoms with Crippen molar-refractivity contribution in [3.63, 3.8) is 0 Å². The molecule has 0 aliphatic heterocycles. The van der Waals surface area contributed by atoms with E-state index >= 15 is 0 Å². The molecule has 2 aromatic carbocycles. The largest absolute Gasteiger partial charge is 0.352 e. The normalized spacial score (nSPS) is 13.1. The van der Waals surface area contributed by atoms with Gasteiger partial charge in [0.2, 0.25) is 5.91 Å². The number of likely N-dealkylation sites (N-methyl/N-ethyl adjacent to an activating group) is 1. The van der Waals surface area contributed by atoms with Crippen molar-refractivity contribution < 1.29 is 9.59 Å². The molecule has 3 aromatic rings. The van der Waals surface area contributed by atoms with Crippen molar-refractivity contribution in [3.8, 4) is 11.3 Å². The number of hydrogen-bond acceptors (Lipinski definition) is 3. The zero-order chi connectivity index (χ0) is 21.1. The summed E-state index contributed by atoms with van der Waals surface area (Å²) in [5, 5.41) is 7.64. The second-order valence-corrected chi connectivity index (χ2v) is 7.94. The van der Waals surface area contributed by atoms with Gasteiger partial charge in [0.15, 0.2) is 0 Å². The third kappa shape index (κ3) is 4.76. The molecular weight excluding hydrogens is 376 g/mol. The third-order valence-electron chi connectivity index (χ3n) is 5.17. The Hall–Kier alpha value is -3.41. The summed E-state index contributed by atoms with van der Waals surface area (Å²) in [6.07, 6.45) is 3.82. The lowest BCUT2D eigenvalue weighted by atomic mass is 10.1. The van der Waals surface area contributed by atoms with Gasteiger partial charge in [-0.3, -0.25) is 14.3 Å². The Balaban J connectivity index is 1.60. The lowest BCUT2D eigenvalue weighted by Crippen LogP contribution is -2.39. The van der Waals surface area contributed by atoms with Crippen molar-refractivity contribution in [2.75, 3.05) is 13.6 Å². The number of nitrogens with one attached hydrogen (secondary N) is 1. The van der Waals surface area contributed by atoms with Crippen LogP contribution in [0.3, 0.4) is 0 Å². The maximum absolute atomic E-state index is 13.2. The average Bonchev–Trinajstić information content (AvgIpc) is 3.45. The number of aryl methyl sites for hydroxylation is 1. The highest BCUT2D eigenvalue weighted by molar-refractivity contribution is 6.01. The first-order valence-corrected chi connectivity index (χ1v) is 10.2. The van der Waals surface area contributed by atoms with E-state index in [2.05, 4.69) is 5.32 Å². The maximum Gasteiger partial charge on any atom is 0.257 e. The quantitative estimate of drug-likeness (QED) is 0.660. The molecule has 0 saturated heterocycles. The molecule has 4 rings (SSSR count). The summed E-state index contributed by atoms with van der Waals surface area (Å²) in [5.41, 5.74) is 4.25. The van der Waals surface area contributed by atoms with E-state index in [1.165, 1.54) is 4.90 Å². The zero-order valence-electron chi connectivity index (χ0n) is 17.3. The van der Waals surface area contributed by atoms with Gasteiger partial charge in [0, 0.05) is 24.8 Å². The van der Waals surface area contributed by atoms with Gasteiger partial charge in [0.25, 0.3) is 5.91 Å². The van der Waals surface area contributed by atoms with Crippen molar-refractivity contribution >= 4 is 11.8 Å². The van der Waals surface area contributed by atoms with Gasteiger partial charge in [-0.05, 0) is 25.3 Å². The van der Waals surface area contributed by atoms with Gasteiger partial charge in [-0.15, -0.1) is 0 Å². The SMILES string of the molecule is Cc1ccc(-c2nn(Cc3ccccc3)cc2C(=O)N(C)CC(=O)NC2CC2)cc1. The molecule has 0 unspecified atom stereocenters. The fraction of sp³-hybridized carbons (Fsp3) is 0.292. The molecule has 1 N–H and O–H groups in total. The molecule has 0 spiro atoms. The molecule has 0 radical (unpaired) electrons. The van der Waals surface area contributed by atoms with Gasteiger partial charge in [0.05, 0.1) is 18.7 Å². The Morgan fingerprint density at radius 3 is 2.47 bits per heavy atom. The number of aromatic nitrogens is 2. The maximum atomic E-state index is 13.2. The van der Waals surface area contributed by atoms with Crippen molar-refractivity contribution in [2.45, 2.75) is 32.4 Å². The van der Waals surface area contributed by atoms with E-state index in [9.17, 15) is 9.59 Å². The molecule has 0 bridgehead atoms. The van der Waals surface area contributed by atoms with E-state index in [1.807, 2.05) is 61.5 Å². The Labute approximate surface area is 176 Å². The van der Waals surface area contributed by atoms with Crippen molar-refractivity contribution in [1.82, 2.24) is 20.0 Å². The highest BCUT2D eigenvalue weighted by Crippen LogP contribution is 2.24. The van der Waals surface area contributed by atoms with E-state index in [1.54, 1.807) is 17.9 Å². The second kappa shape index (κ2) is 8.53. The van der Waals surface area contributed by atoms with Crippen LogP contribution in [0.5, 0.6) is 0 Å². The molecule has 6 nitrogen and oxygen atoms in total. The van der Waals surface area contributed by atoms with Crippen LogP contribution in [0.1, 0.15) is 34.3 Å². The first-order valence-electron chi connectivity index (χ1n) is 10.2. The van der Waals surface area contributed by atoms with Crippen LogP contribution in [-0.2, 0) is 11.3 Å². The lowest BCUT2D eigenvalue weighted by molar-refractivity contribution is -0.121. The molecule has 6 heteroatoms. The molecular formula is C24H26N4O2. The molecule has 2 amide bonds. The topological polar surface area (TPSA) is 67.2 Å². The van der Waals surface area contributed by atoms with Gasteiger partial charge >= 0.3 is 0 Å². The lowest BCUT2D eigenvalue weighted by Gasteiger charge is -2.16. The molecule has 1 heterocycles. The minimum absolute atomic E-state index is 0.0343. The Morgan fingerprint density at radius 2 is 1.80 bits per heavy atom. The average molecular weight is 402 g/mol. The standard InChI is InChI=1S/C24H26N4O2/c1-17-8-10-19(11-9-17)23-21(15-28(26-23)14-18-6-4-3-5-7-18)24(30)27(2)16-22(29)25-20-12-13-20/h3-11,15,20H,12-14,16H2,1-2H3,(H,25,29). The van der Waals surface area contributed by atoms with Crippen LogP contribution < -0.4 is 5.32 Å². The van der Waals surface area contributed by atoms with E-state index < -0.39 is 0 Å². The van der Waals surface area contributed by atoms with Crippen LogP contribution in [0.4, 0.5) is 0 Å². The van der Waals surface area contributed by atoms with Gasteiger partial charge in [0.1, 0.15) is 5.69 Å². The fourth-order valence-electron chi connectivity index (χ4n) is 3.35. The van der Waals surface area contributed by atoms with E-state index in [0.29, 0.717) is 17.8 Å². The minimum Gasteiger partial charge on any atom is -0.352 e. The van der Waals surface area contributed by atoms with Crippen molar-refractivity contribution in [2.24, 2.45) is 0 Å². The Bertz CT molecular complexity index is 1040. The summed E-state index contributed by atoms with van der Waals surface area (Å²) in [6.45, 7) is 2.63. The highest BCUT2D eigenvalue weighted by Gasteiger charge is 2.26. The van der Waals surface area contributed by atoms with E-state index in [-0.39, 0.29) is 24.4 Å². The van der Waals surface area contributed by atoms with Crippen LogP contribution in [0.2, 0.25) is 0 Å². The molecule has 1 aliphatic carbocycles. The zero-order valence-corrected chi connectivity index (χ0v) is 17.3. The third-order valence-corrected chi connectivity index (χ3v) is 5.17. The van der Waals surface area contributed by atoms with Gasteiger partial charge in [-0.2, -0.15) is 5.10 Å². The van der Waals surface area contributed by atoms with Crippen LogP contribution in [0.25, 0.3) is 11.3 Å². The monoisotopic (exact) mass is 402 g/mol. The smallest absolute Gasteiger partial charge is 0.257 e. The number of benzene rings is 2. The first kappa shape index (κ1) is 19.9. The number of carbonyl (C=O) groups is 2. The van der Waals surface area contributed by atoms with Crippen molar-refractivity contribution in [1.29, 1.82) is 0 Å². The summed E-state index contributed by atoms with van der Waals surface area (Å²) in [6, 6.07) is 18.2.